The van der Waals surface area contributed by atoms with Crippen LogP contribution in [0.25, 0.3) is 0 Å². The number of carbonyl (C=O) groups is 1. The second-order valence-corrected chi connectivity index (χ2v) is 5.95. The van der Waals surface area contributed by atoms with E-state index in [9.17, 15) is 4.79 Å². The van der Waals surface area contributed by atoms with Crippen LogP contribution in [-0.2, 0) is 20.7 Å². The summed E-state index contributed by atoms with van der Waals surface area (Å²) in [6, 6.07) is 5.79. The normalized spacial score (nSPS) is 20.0. The van der Waals surface area contributed by atoms with E-state index in [1.165, 1.54) is 0 Å². The van der Waals surface area contributed by atoms with Crippen molar-refractivity contribution >= 4 is 29.7 Å². The van der Waals surface area contributed by atoms with Gasteiger partial charge in [-0.05, 0) is 43.4 Å². The molecule has 1 unspecified atom stereocenters. The third-order valence-corrected chi connectivity index (χ3v) is 4.38. The molecule has 2 heterocycles. The highest BCUT2D eigenvalue weighted by Crippen LogP contribution is 2.31. The van der Waals surface area contributed by atoms with Crippen LogP contribution < -0.4 is 10.6 Å². The van der Waals surface area contributed by atoms with Gasteiger partial charge in [0.1, 0.15) is 0 Å². The molecule has 1 aromatic carbocycles. The first-order valence-corrected chi connectivity index (χ1v) is 8.13. The number of hydrogen-bond acceptors (Lipinski definition) is 4. The van der Waals surface area contributed by atoms with Crippen LogP contribution in [0.15, 0.2) is 18.2 Å². The van der Waals surface area contributed by atoms with Gasteiger partial charge in [0.25, 0.3) is 0 Å². The lowest BCUT2D eigenvalue weighted by Gasteiger charge is -2.30. The SMILES string of the molecule is Cl.Nc1cccc2c1CCCN2C(=O)CCOCC1CCCO1. The summed E-state index contributed by atoms with van der Waals surface area (Å²) >= 11 is 0. The van der Waals surface area contributed by atoms with E-state index in [0.29, 0.717) is 19.6 Å². The molecule has 0 radical (unpaired) electrons. The van der Waals surface area contributed by atoms with Gasteiger partial charge in [-0.25, -0.2) is 0 Å². The predicted molar refractivity (Wildman–Crippen MR) is 93.2 cm³/mol. The van der Waals surface area contributed by atoms with E-state index < -0.39 is 0 Å². The average molecular weight is 341 g/mol. The number of nitrogens with zero attached hydrogens (tertiary/aromatic N) is 1. The van der Waals surface area contributed by atoms with Crippen LogP contribution in [0.4, 0.5) is 11.4 Å². The Labute approximate surface area is 143 Å². The molecular formula is C17H25ClN2O3. The second kappa shape index (κ2) is 8.52. The van der Waals surface area contributed by atoms with E-state index in [-0.39, 0.29) is 24.4 Å². The topological polar surface area (TPSA) is 64.8 Å². The summed E-state index contributed by atoms with van der Waals surface area (Å²) in [6.07, 6.45) is 4.70. The number of benzene rings is 1. The van der Waals surface area contributed by atoms with Crippen LogP contribution in [0.5, 0.6) is 0 Å². The lowest BCUT2D eigenvalue weighted by Crippen LogP contribution is -2.36. The fourth-order valence-electron chi connectivity index (χ4n) is 3.20. The lowest BCUT2D eigenvalue weighted by molar-refractivity contribution is -0.120. The van der Waals surface area contributed by atoms with Crippen molar-refractivity contribution in [2.24, 2.45) is 0 Å². The summed E-state index contributed by atoms with van der Waals surface area (Å²) in [5, 5.41) is 0. The number of carbonyl (C=O) groups excluding carboxylic acids is 1. The standard InChI is InChI=1S/C17H24N2O3.ClH/c18-15-6-1-7-16-14(15)5-2-9-19(16)17(20)8-11-21-12-13-4-3-10-22-13;/h1,6-7,13H,2-5,8-12,18H2;1H. The number of amides is 1. The molecule has 5 nitrogen and oxygen atoms in total. The first-order chi connectivity index (χ1) is 10.8. The molecule has 0 aliphatic carbocycles. The van der Waals surface area contributed by atoms with Gasteiger partial charge < -0.3 is 20.1 Å². The maximum atomic E-state index is 12.4. The van der Waals surface area contributed by atoms with Gasteiger partial charge in [0, 0.05) is 24.5 Å². The van der Waals surface area contributed by atoms with Crippen LogP contribution in [0.2, 0.25) is 0 Å². The van der Waals surface area contributed by atoms with Gasteiger partial charge in [-0.1, -0.05) is 6.07 Å². The van der Waals surface area contributed by atoms with Crippen molar-refractivity contribution in [1.29, 1.82) is 0 Å². The zero-order chi connectivity index (χ0) is 15.4. The highest BCUT2D eigenvalue weighted by molar-refractivity contribution is 5.95. The minimum absolute atomic E-state index is 0. The monoisotopic (exact) mass is 340 g/mol. The lowest BCUT2D eigenvalue weighted by atomic mass is 9.99. The van der Waals surface area contributed by atoms with E-state index in [1.807, 2.05) is 23.1 Å². The van der Waals surface area contributed by atoms with Crippen molar-refractivity contribution in [3.63, 3.8) is 0 Å². The van der Waals surface area contributed by atoms with Crippen LogP contribution >= 0.6 is 12.4 Å². The van der Waals surface area contributed by atoms with Crippen LogP contribution in [0, 0.1) is 0 Å². The van der Waals surface area contributed by atoms with E-state index in [0.717, 1.165) is 55.8 Å². The number of nitrogens with two attached hydrogens (primary N) is 1. The number of ether oxygens (including phenoxy) is 2. The van der Waals surface area contributed by atoms with Crippen molar-refractivity contribution in [1.82, 2.24) is 0 Å². The Bertz CT molecular complexity index is 533. The van der Waals surface area contributed by atoms with Crippen molar-refractivity contribution in [2.75, 3.05) is 37.0 Å². The molecule has 1 aromatic rings. The molecule has 2 aliphatic heterocycles. The van der Waals surface area contributed by atoms with E-state index in [4.69, 9.17) is 15.2 Å². The number of anilines is 2. The minimum atomic E-state index is 0. The molecule has 0 aromatic heterocycles. The van der Waals surface area contributed by atoms with Crippen molar-refractivity contribution in [3.8, 4) is 0 Å². The summed E-state index contributed by atoms with van der Waals surface area (Å²) in [5.74, 6) is 0.110. The fraction of sp³-hybridized carbons (Fsp3) is 0.588. The molecule has 23 heavy (non-hydrogen) atoms. The number of fused-ring (bicyclic) bond motifs is 1. The first kappa shape index (κ1) is 18.0. The van der Waals surface area contributed by atoms with Crippen LogP contribution in [0.1, 0.15) is 31.2 Å². The van der Waals surface area contributed by atoms with E-state index >= 15 is 0 Å². The number of rotatable bonds is 5. The molecule has 1 amide bonds. The van der Waals surface area contributed by atoms with Gasteiger partial charge >= 0.3 is 0 Å². The minimum Gasteiger partial charge on any atom is -0.398 e. The Hall–Kier alpha value is -1.30. The summed E-state index contributed by atoms with van der Waals surface area (Å²) in [4.78, 5) is 14.3. The number of nitrogen functional groups attached to an aromatic ring is 1. The molecule has 2 N–H and O–H groups in total. The van der Waals surface area contributed by atoms with Gasteiger partial charge in [0.2, 0.25) is 5.91 Å². The zero-order valence-corrected chi connectivity index (χ0v) is 14.1. The first-order valence-electron chi connectivity index (χ1n) is 8.13. The van der Waals surface area contributed by atoms with Crippen LogP contribution in [-0.4, -0.2) is 38.4 Å². The molecule has 6 heteroatoms. The summed E-state index contributed by atoms with van der Waals surface area (Å²) in [6.45, 7) is 2.64. The number of halogens is 1. The smallest absolute Gasteiger partial charge is 0.229 e. The molecular weight excluding hydrogens is 316 g/mol. The van der Waals surface area contributed by atoms with Gasteiger partial charge in [0.05, 0.1) is 25.7 Å². The van der Waals surface area contributed by atoms with Gasteiger partial charge in [-0.3, -0.25) is 4.79 Å². The largest absolute Gasteiger partial charge is 0.398 e. The van der Waals surface area contributed by atoms with Crippen LogP contribution in [0.3, 0.4) is 0 Å². The van der Waals surface area contributed by atoms with E-state index in [2.05, 4.69) is 0 Å². The molecule has 0 bridgehead atoms. The Morgan fingerprint density at radius 3 is 3.04 bits per heavy atom. The summed E-state index contributed by atoms with van der Waals surface area (Å²) in [7, 11) is 0. The number of hydrogen-bond donors (Lipinski definition) is 1. The predicted octanol–water partition coefficient (Wildman–Crippen LogP) is 2.56. The van der Waals surface area contributed by atoms with Gasteiger partial charge in [-0.2, -0.15) is 0 Å². The molecule has 1 saturated heterocycles. The van der Waals surface area contributed by atoms with Crippen molar-refractivity contribution in [3.05, 3.63) is 23.8 Å². The molecule has 0 spiro atoms. The Kier molecular flexibility index (Phi) is 6.69. The fourth-order valence-corrected chi connectivity index (χ4v) is 3.20. The van der Waals surface area contributed by atoms with Crippen molar-refractivity contribution < 1.29 is 14.3 Å². The maximum absolute atomic E-state index is 12.4. The Morgan fingerprint density at radius 2 is 2.26 bits per heavy atom. The Morgan fingerprint density at radius 1 is 1.39 bits per heavy atom. The third-order valence-electron chi connectivity index (χ3n) is 4.38. The van der Waals surface area contributed by atoms with Crippen molar-refractivity contribution in [2.45, 2.75) is 38.2 Å². The maximum Gasteiger partial charge on any atom is 0.229 e. The van der Waals surface area contributed by atoms with Gasteiger partial charge in [-0.15, -0.1) is 12.4 Å². The third kappa shape index (κ3) is 4.37. The molecule has 128 valence electrons. The highest BCUT2D eigenvalue weighted by Gasteiger charge is 2.23. The molecule has 1 atom stereocenters. The highest BCUT2D eigenvalue weighted by atomic mass is 35.5. The molecule has 3 rings (SSSR count). The molecule has 0 saturated carbocycles. The zero-order valence-electron chi connectivity index (χ0n) is 13.3. The Balaban J connectivity index is 0.00000192. The quantitative estimate of drug-likeness (QED) is 0.661. The molecule has 2 aliphatic rings. The summed E-state index contributed by atoms with van der Waals surface area (Å²) < 4.78 is 11.1. The average Bonchev–Trinajstić information content (AvgIpc) is 3.05. The second-order valence-electron chi connectivity index (χ2n) is 5.95. The molecule has 1 fully saturated rings. The summed E-state index contributed by atoms with van der Waals surface area (Å²) in [5.41, 5.74) is 8.87. The van der Waals surface area contributed by atoms with E-state index in [1.54, 1.807) is 0 Å². The van der Waals surface area contributed by atoms with Gasteiger partial charge in [0.15, 0.2) is 0 Å².